The van der Waals surface area contributed by atoms with Gasteiger partial charge in [0.05, 0.1) is 0 Å². The monoisotopic (exact) mass is 225 g/mol. The molecule has 0 amide bonds. The van der Waals surface area contributed by atoms with Crippen LogP contribution in [0, 0.1) is 18.7 Å². The Bertz CT molecular complexity index is 341. The molecular weight excluding hydrogens is 205 g/mol. The van der Waals surface area contributed by atoms with Crippen LogP contribution >= 0.6 is 0 Å². The van der Waals surface area contributed by atoms with Crippen molar-refractivity contribution in [1.82, 2.24) is 0 Å². The molecule has 2 unspecified atom stereocenters. The Morgan fingerprint density at radius 1 is 1.44 bits per heavy atom. The molecule has 0 aromatic heterocycles. The molecule has 0 radical (unpaired) electrons. The van der Waals surface area contributed by atoms with Gasteiger partial charge in [-0.3, -0.25) is 0 Å². The van der Waals surface area contributed by atoms with E-state index in [4.69, 9.17) is 10.5 Å². The summed E-state index contributed by atoms with van der Waals surface area (Å²) in [4.78, 5) is 0. The molecule has 0 aliphatic heterocycles. The van der Waals surface area contributed by atoms with Gasteiger partial charge in [0.25, 0.3) is 0 Å². The van der Waals surface area contributed by atoms with Crippen molar-refractivity contribution in [3.63, 3.8) is 0 Å². The first-order chi connectivity index (χ1) is 7.54. The van der Waals surface area contributed by atoms with Crippen molar-refractivity contribution in [2.45, 2.75) is 33.2 Å². The second-order valence-electron chi connectivity index (χ2n) is 4.27. The predicted octanol–water partition coefficient (Wildman–Crippen LogP) is 2.89. The predicted molar refractivity (Wildman–Crippen MR) is 64.1 cm³/mol. The summed E-state index contributed by atoms with van der Waals surface area (Å²) >= 11 is 0. The smallest absolute Gasteiger partial charge is 0.123 e. The average molecular weight is 225 g/mol. The van der Waals surface area contributed by atoms with E-state index in [1.54, 1.807) is 6.07 Å². The summed E-state index contributed by atoms with van der Waals surface area (Å²) < 4.78 is 18.4. The molecule has 0 saturated heterocycles. The number of hydrogen-bond acceptors (Lipinski definition) is 2. The summed E-state index contributed by atoms with van der Waals surface area (Å²) in [5.74, 6) is 0.900. The second kappa shape index (κ2) is 5.85. The van der Waals surface area contributed by atoms with Crippen molar-refractivity contribution in [1.29, 1.82) is 0 Å². The summed E-state index contributed by atoms with van der Waals surface area (Å²) in [5.41, 5.74) is 6.76. The lowest BCUT2D eigenvalue weighted by atomic mass is 10.0. The van der Waals surface area contributed by atoms with Gasteiger partial charge in [-0.25, -0.2) is 4.39 Å². The minimum Gasteiger partial charge on any atom is -0.492 e. The van der Waals surface area contributed by atoms with Crippen LogP contribution in [0.3, 0.4) is 0 Å². The molecule has 1 aromatic rings. The van der Waals surface area contributed by atoms with Gasteiger partial charge in [-0.1, -0.05) is 20.3 Å². The fourth-order valence-corrected chi connectivity index (χ4v) is 1.43. The van der Waals surface area contributed by atoms with E-state index in [1.807, 2.05) is 6.92 Å². The number of halogens is 1. The molecule has 0 heterocycles. The summed E-state index contributed by atoms with van der Waals surface area (Å²) in [6, 6.07) is 4.53. The van der Waals surface area contributed by atoms with E-state index >= 15 is 0 Å². The number of benzene rings is 1. The number of rotatable bonds is 5. The van der Waals surface area contributed by atoms with Gasteiger partial charge in [0.1, 0.15) is 18.2 Å². The molecule has 0 bridgehead atoms. The Morgan fingerprint density at radius 2 is 2.12 bits per heavy atom. The van der Waals surface area contributed by atoms with Crippen molar-refractivity contribution in [3.05, 3.63) is 29.6 Å². The van der Waals surface area contributed by atoms with E-state index in [-0.39, 0.29) is 11.9 Å². The Balaban J connectivity index is 2.54. The third-order valence-electron chi connectivity index (χ3n) is 2.94. The zero-order valence-corrected chi connectivity index (χ0v) is 10.2. The topological polar surface area (TPSA) is 35.2 Å². The highest BCUT2D eigenvalue weighted by Crippen LogP contribution is 2.19. The number of ether oxygens (including phenoxy) is 1. The zero-order chi connectivity index (χ0) is 12.1. The maximum Gasteiger partial charge on any atom is 0.123 e. The highest BCUT2D eigenvalue weighted by atomic mass is 19.1. The molecule has 2 nitrogen and oxygen atoms in total. The Kier molecular flexibility index (Phi) is 4.74. The molecule has 90 valence electrons. The molecule has 0 aliphatic rings. The van der Waals surface area contributed by atoms with E-state index in [0.29, 0.717) is 18.3 Å². The number of aryl methyl sites for hydroxylation is 1. The summed E-state index contributed by atoms with van der Waals surface area (Å²) in [6.07, 6.45) is 1.03. The fourth-order valence-electron chi connectivity index (χ4n) is 1.43. The van der Waals surface area contributed by atoms with Gasteiger partial charge in [0.2, 0.25) is 0 Å². The minimum atomic E-state index is -0.240. The molecule has 2 N–H and O–H groups in total. The highest BCUT2D eigenvalue weighted by Gasteiger charge is 2.12. The van der Waals surface area contributed by atoms with Crippen molar-refractivity contribution in [2.75, 3.05) is 6.61 Å². The first-order valence-electron chi connectivity index (χ1n) is 5.69. The van der Waals surface area contributed by atoms with Crippen molar-refractivity contribution in [3.8, 4) is 5.75 Å². The molecule has 3 heteroatoms. The SMILES string of the molecule is CCC(C)C(N)COc1ccc(F)cc1C. The molecule has 2 atom stereocenters. The molecule has 0 fully saturated rings. The lowest BCUT2D eigenvalue weighted by molar-refractivity contribution is 0.249. The van der Waals surface area contributed by atoms with Crippen LogP contribution in [-0.4, -0.2) is 12.6 Å². The number of hydrogen-bond donors (Lipinski definition) is 1. The van der Waals surface area contributed by atoms with Crippen LogP contribution in [0.5, 0.6) is 5.75 Å². The zero-order valence-electron chi connectivity index (χ0n) is 10.2. The van der Waals surface area contributed by atoms with E-state index < -0.39 is 0 Å². The Labute approximate surface area is 96.6 Å². The summed E-state index contributed by atoms with van der Waals surface area (Å²) in [7, 11) is 0. The van der Waals surface area contributed by atoms with Crippen LogP contribution in [-0.2, 0) is 0 Å². The molecule has 1 aromatic carbocycles. The van der Waals surface area contributed by atoms with Gasteiger partial charge in [0.15, 0.2) is 0 Å². The standard InChI is InChI=1S/C13H20FNO/c1-4-9(2)12(15)8-16-13-6-5-11(14)7-10(13)3/h5-7,9,12H,4,8,15H2,1-3H3. The van der Waals surface area contributed by atoms with Crippen LogP contribution in [0.15, 0.2) is 18.2 Å². The van der Waals surface area contributed by atoms with Gasteiger partial charge in [-0.15, -0.1) is 0 Å². The molecule has 0 aliphatic carbocycles. The van der Waals surface area contributed by atoms with Crippen molar-refractivity contribution < 1.29 is 9.13 Å². The van der Waals surface area contributed by atoms with E-state index in [0.717, 1.165) is 12.0 Å². The lowest BCUT2D eigenvalue weighted by Gasteiger charge is -2.19. The molecule has 16 heavy (non-hydrogen) atoms. The van der Waals surface area contributed by atoms with Gasteiger partial charge in [0, 0.05) is 6.04 Å². The van der Waals surface area contributed by atoms with Crippen LogP contribution in [0.1, 0.15) is 25.8 Å². The molecule has 0 spiro atoms. The third-order valence-corrected chi connectivity index (χ3v) is 2.94. The van der Waals surface area contributed by atoms with Gasteiger partial charge in [-0.05, 0) is 36.6 Å². The third kappa shape index (κ3) is 3.49. The first kappa shape index (κ1) is 13.0. The van der Waals surface area contributed by atoms with Crippen LogP contribution in [0.4, 0.5) is 4.39 Å². The second-order valence-corrected chi connectivity index (χ2v) is 4.27. The molecule has 1 rings (SSSR count). The summed E-state index contributed by atoms with van der Waals surface area (Å²) in [6.45, 7) is 6.51. The first-order valence-corrected chi connectivity index (χ1v) is 5.69. The minimum absolute atomic E-state index is 0.0226. The Hall–Kier alpha value is -1.09. The van der Waals surface area contributed by atoms with Crippen LogP contribution in [0.25, 0.3) is 0 Å². The fraction of sp³-hybridized carbons (Fsp3) is 0.538. The van der Waals surface area contributed by atoms with Gasteiger partial charge >= 0.3 is 0 Å². The molecular formula is C13H20FNO. The van der Waals surface area contributed by atoms with Gasteiger partial charge in [-0.2, -0.15) is 0 Å². The lowest BCUT2D eigenvalue weighted by Crippen LogP contribution is -2.34. The summed E-state index contributed by atoms with van der Waals surface area (Å²) in [5, 5.41) is 0. The maximum atomic E-state index is 12.8. The van der Waals surface area contributed by atoms with Gasteiger partial charge < -0.3 is 10.5 Å². The highest BCUT2D eigenvalue weighted by molar-refractivity contribution is 5.32. The largest absolute Gasteiger partial charge is 0.492 e. The average Bonchev–Trinajstić information content (AvgIpc) is 2.26. The van der Waals surface area contributed by atoms with Crippen LogP contribution in [0.2, 0.25) is 0 Å². The number of nitrogens with two attached hydrogens (primary N) is 1. The van der Waals surface area contributed by atoms with Crippen molar-refractivity contribution >= 4 is 0 Å². The maximum absolute atomic E-state index is 12.8. The normalized spacial score (nSPS) is 14.6. The quantitative estimate of drug-likeness (QED) is 0.836. The van der Waals surface area contributed by atoms with E-state index in [9.17, 15) is 4.39 Å². The van der Waals surface area contributed by atoms with Crippen LogP contribution < -0.4 is 10.5 Å². The van der Waals surface area contributed by atoms with Crippen molar-refractivity contribution in [2.24, 2.45) is 11.7 Å². The molecule has 0 saturated carbocycles. The van der Waals surface area contributed by atoms with E-state index in [2.05, 4.69) is 13.8 Å². The Morgan fingerprint density at radius 3 is 2.69 bits per heavy atom. The van der Waals surface area contributed by atoms with E-state index in [1.165, 1.54) is 12.1 Å².